The van der Waals surface area contributed by atoms with E-state index in [1.807, 2.05) is 0 Å². The van der Waals surface area contributed by atoms with E-state index >= 15 is 0 Å². The van der Waals surface area contributed by atoms with Gasteiger partial charge in [-0.05, 0) is 18.2 Å². The van der Waals surface area contributed by atoms with Gasteiger partial charge in [0, 0.05) is 4.47 Å². The predicted molar refractivity (Wildman–Crippen MR) is 50.1 cm³/mol. The van der Waals surface area contributed by atoms with Crippen LogP contribution >= 0.6 is 15.9 Å². The fourth-order valence-electron chi connectivity index (χ4n) is 0.875. The van der Waals surface area contributed by atoms with Crippen LogP contribution in [0.25, 0.3) is 0 Å². The van der Waals surface area contributed by atoms with Crippen molar-refractivity contribution in [2.45, 2.75) is 11.1 Å². The monoisotopic (exact) mass is 328 g/mol. The van der Waals surface area contributed by atoms with Gasteiger partial charge in [0.2, 0.25) is 0 Å². The van der Waals surface area contributed by atoms with Gasteiger partial charge in [0.05, 0.1) is 10.5 Å². The van der Waals surface area contributed by atoms with Crippen LogP contribution in [-0.4, -0.2) is 13.0 Å². The number of hydrogen-bond donors (Lipinski definition) is 1. The van der Waals surface area contributed by atoms with Gasteiger partial charge >= 0.3 is 35.7 Å². The van der Waals surface area contributed by atoms with Crippen LogP contribution in [0.4, 0.5) is 13.2 Å². The Morgan fingerprint density at radius 3 is 2.12 bits per heavy atom. The second-order valence-electron chi connectivity index (χ2n) is 2.65. The normalized spacial score (nSPS) is 12.1. The van der Waals surface area contributed by atoms with Crippen molar-refractivity contribution >= 4 is 26.0 Å². The van der Waals surface area contributed by atoms with Crippen molar-refractivity contribution in [3.05, 3.63) is 28.2 Å². The molecule has 1 aromatic carbocycles. The molecule has 0 amide bonds. The summed E-state index contributed by atoms with van der Waals surface area (Å²) in [4.78, 5) is -0.802. The molecule has 86 valence electrons. The van der Waals surface area contributed by atoms with Crippen molar-refractivity contribution in [2.75, 3.05) is 0 Å². The van der Waals surface area contributed by atoms with E-state index < -0.39 is 26.8 Å². The minimum Gasteiger partial charge on any atom is -1.00 e. The molecule has 0 aliphatic heterocycles. The third-order valence-electron chi connectivity index (χ3n) is 1.50. The van der Waals surface area contributed by atoms with Gasteiger partial charge < -0.3 is 1.43 Å². The van der Waals surface area contributed by atoms with Gasteiger partial charge in [-0.25, -0.2) is 0 Å². The Kier molecular flexibility index (Phi) is 5.50. The van der Waals surface area contributed by atoms with Crippen molar-refractivity contribution in [1.29, 1.82) is 0 Å². The number of rotatable bonds is 1. The molecule has 9 heteroatoms. The molecule has 0 unspecified atom stereocenters. The zero-order valence-corrected chi connectivity index (χ0v) is 12.3. The fourth-order valence-corrected chi connectivity index (χ4v) is 2.07. The molecule has 1 aromatic rings. The maximum absolute atomic E-state index is 12.2. The standard InChI is InChI=1S/C7H4BrF3O3S.Na.H/c8-5-1-4(7(9,10)11)2-6(3-5)15(12,13)14;;/h1-3H,(H,12,13,14);;/q;+1;-1. The van der Waals surface area contributed by atoms with Crippen LogP contribution in [0.1, 0.15) is 6.99 Å². The van der Waals surface area contributed by atoms with Gasteiger partial charge in [0.1, 0.15) is 0 Å². The van der Waals surface area contributed by atoms with E-state index in [1.54, 1.807) is 0 Å². The SMILES string of the molecule is O=S(=O)(O)c1cc(Br)cc(C(F)(F)F)c1.[H-].[Na+]. The third-order valence-corrected chi connectivity index (χ3v) is 2.79. The Balaban J connectivity index is 0. The number of hydrogen-bond acceptors (Lipinski definition) is 2. The van der Waals surface area contributed by atoms with Crippen LogP contribution in [0.2, 0.25) is 0 Å². The zero-order chi connectivity index (χ0) is 11.9. The molecule has 0 atom stereocenters. The van der Waals surface area contributed by atoms with Crippen molar-refractivity contribution in [2.24, 2.45) is 0 Å². The fraction of sp³-hybridized carbons (Fsp3) is 0.143. The Bertz CT molecular complexity index is 492. The van der Waals surface area contributed by atoms with Gasteiger partial charge in [-0.2, -0.15) is 21.6 Å². The van der Waals surface area contributed by atoms with Crippen LogP contribution in [0, 0.1) is 0 Å². The summed E-state index contributed by atoms with van der Waals surface area (Å²) in [7, 11) is -4.64. The minimum absolute atomic E-state index is 0. The number of benzene rings is 1. The van der Waals surface area contributed by atoms with Crippen LogP contribution in [0.15, 0.2) is 27.6 Å². The van der Waals surface area contributed by atoms with Crippen molar-refractivity contribution in [1.82, 2.24) is 0 Å². The largest absolute Gasteiger partial charge is 1.00 e. The van der Waals surface area contributed by atoms with Crippen LogP contribution in [-0.2, 0) is 16.3 Å². The van der Waals surface area contributed by atoms with Gasteiger partial charge in [-0.1, -0.05) is 15.9 Å². The van der Waals surface area contributed by atoms with E-state index in [0.717, 1.165) is 6.07 Å². The molecule has 0 spiro atoms. The molecule has 1 rings (SSSR count). The molecule has 0 saturated carbocycles. The van der Waals surface area contributed by atoms with Crippen LogP contribution < -0.4 is 29.6 Å². The molecule has 0 fully saturated rings. The summed E-state index contributed by atoms with van der Waals surface area (Å²) in [5.41, 5.74) is -1.15. The maximum atomic E-state index is 12.2. The first-order chi connectivity index (χ1) is 6.60. The topological polar surface area (TPSA) is 54.4 Å². The first-order valence-electron chi connectivity index (χ1n) is 3.46. The molecule has 0 saturated heterocycles. The Morgan fingerprint density at radius 2 is 1.75 bits per heavy atom. The van der Waals surface area contributed by atoms with Gasteiger partial charge in [-0.15, -0.1) is 0 Å². The van der Waals surface area contributed by atoms with Crippen LogP contribution in [0.5, 0.6) is 0 Å². The molecular formula is C7H5BrF3NaO3S. The van der Waals surface area contributed by atoms with Gasteiger partial charge in [0.25, 0.3) is 10.1 Å². The van der Waals surface area contributed by atoms with E-state index in [1.165, 1.54) is 0 Å². The summed E-state index contributed by atoms with van der Waals surface area (Å²) in [6.07, 6.45) is -4.66. The van der Waals surface area contributed by atoms with E-state index in [0.29, 0.717) is 12.1 Å². The zero-order valence-electron chi connectivity index (χ0n) is 8.92. The summed E-state index contributed by atoms with van der Waals surface area (Å²) >= 11 is 2.72. The molecule has 0 aliphatic carbocycles. The Hall–Kier alpha value is 0.400. The Labute approximate surface area is 122 Å². The van der Waals surface area contributed by atoms with Crippen molar-refractivity contribution in [3.8, 4) is 0 Å². The summed E-state index contributed by atoms with van der Waals surface area (Å²) in [5, 5.41) is 0. The molecule has 0 heterocycles. The smallest absolute Gasteiger partial charge is 1.00 e. The summed E-state index contributed by atoms with van der Waals surface area (Å²) in [6, 6.07) is 1.96. The molecule has 0 bridgehead atoms. The molecule has 16 heavy (non-hydrogen) atoms. The number of alkyl halides is 3. The molecule has 1 N–H and O–H groups in total. The molecule has 3 nitrogen and oxygen atoms in total. The van der Waals surface area contributed by atoms with Crippen molar-refractivity contribution < 1.29 is 57.1 Å². The average molecular weight is 329 g/mol. The van der Waals surface area contributed by atoms with E-state index in [2.05, 4.69) is 15.9 Å². The first-order valence-corrected chi connectivity index (χ1v) is 5.69. The second kappa shape index (κ2) is 5.36. The van der Waals surface area contributed by atoms with Gasteiger partial charge in [0.15, 0.2) is 0 Å². The second-order valence-corrected chi connectivity index (χ2v) is 4.99. The predicted octanol–water partition coefficient (Wildman–Crippen LogP) is -0.169. The maximum Gasteiger partial charge on any atom is 1.00 e. The van der Waals surface area contributed by atoms with Gasteiger partial charge in [-0.3, -0.25) is 4.55 Å². The van der Waals surface area contributed by atoms with E-state index in [4.69, 9.17) is 4.55 Å². The summed E-state index contributed by atoms with van der Waals surface area (Å²) < 4.78 is 66.5. The first kappa shape index (κ1) is 16.4. The van der Waals surface area contributed by atoms with E-state index in [9.17, 15) is 21.6 Å². The summed E-state index contributed by atoms with van der Waals surface area (Å²) in [5.74, 6) is 0. The van der Waals surface area contributed by atoms with Crippen LogP contribution in [0.3, 0.4) is 0 Å². The van der Waals surface area contributed by atoms with E-state index in [-0.39, 0.29) is 35.5 Å². The molecule has 0 radical (unpaired) electrons. The van der Waals surface area contributed by atoms with Crippen molar-refractivity contribution in [3.63, 3.8) is 0 Å². The molecular weight excluding hydrogens is 324 g/mol. The quantitative estimate of drug-likeness (QED) is 0.575. The summed E-state index contributed by atoms with van der Waals surface area (Å²) in [6.45, 7) is 0. The number of halogens is 4. The molecule has 0 aromatic heterocycles. The third kappa shape index (κ3) is 4.34. The average Bonchev–Trinajstić information content (AvgIpc) is 1.99. The Morgan fingerprint density at radius 1 is 1.25 bits per heavy atom. The molecule has 0 aliphatic rings. The minimum atomic E-state index is -4.66.